The Morgan fingerprint density at radius 1 is 1.35 bits per heavy atom. The molecule has 108 valence electrons. The standard InChI is InChI=1S/C16H22N2OS/c1-11(2)13(17)8-9-18(3)16(19)15-10-12-6-4-5-7-14(12)20-15/h4-7,10-11,13H,8-9,17H2,1-3H3. The number of thiophene rings is 1. The van der Waals surface area contributed by atoms with Gasteiger partial charge in [-0.3, -0.25) is 4.79 Å². The summed E-state index contributed by atoms with van der Waals surface area (Å²) >= 11 is 1.55. The summed E-state index contributed by atoms with van der Waals surface area (Å²) < 4.78 is 1.16. The Morgan fingerprint density at radius 2 is 2.05 bits per heavy atom. The quantitative estimate of drug-likeness (QED) is 0.918. The van der Waals surface area contributed by atoms with Gasteiger partial charge < -0.3 is 10.6 Å². The normalized spacial score (nSPS) is 12.8. The van der Waals surface area contributed by atoms with E-state index in [9.17, 15) is 4.79 Å². The van der Waals surface area contributed by atoms with Gasteiger partial charge in [-0.15, -0.1) is 11.3 Å². The number of rotatable bonds is 5. The summed E-state index contributed by atoms with van der Waals surface area (Å²) in [4.78, 5) is 15.0. The fourth-order valence-corrected chi connectivity index (χ4v) is 3.11. The summed E-state index contributed by atoms with van der Waals surface area (Å²) in [6, 6.07) is 10.2. The SMILES string of the molecule is CC(C)C(N)CCN(C)C(=O)c1cc2ccccc2s1. The zero-order valence-electron chi connectivity index (χ0n) is 12.3. The Hall–Kier alpha value is -1.39. The van der Waals surface area contributed by atoms with Crippen molar-refractivity contribution in [3.05, 3.63) is 35.2 Å². The van der Waals surface area contributed by atoms with Crippen LogP contribution in [0.25, 0.3) is 10.1 Å². The molecule has 1 unspecified atom stereocenters. The second-order valence-corrected chi connectivity index (χ2v) is 6.66. The van der Waals surface area contributed by atoms with Crippen molar-refractivity contribution in [3.8, 4) is 0 Å². The lowest BCUT2D eigenvalue weighted by Crippen LogP contribution is -2.34. The van der Waals surface area contributed by atoms with Crippen molar-refractivity contribution in [1.82, 2.24) is 4.90 Å². The molecule has 0 bridgehead atoms. The van der Waals surface area contributed by atoms with Crippen LogP contribution in [0.4, 0.5) is 0 Å². The molecule has 1 heterocycles. The molecule has 0 saturated heterocycles. The lowest BCUT2D eigenvalue weighted by molar-refractivity contribution is 0.0794. The lowest BCUT2D eigenvalue weighted by atomic mass is 10.0. The third-order valence-corrected chi connectivity index (χ3v) is 4.74. The summed E-state index contributed by atoms with van der Waals surface area (Å²) in [5, 5.41) is 1.13. The maximum Gasteiger partial charge on any atom is 0.263 e. The van der Waals surface area contributed by atoms with Crippen LogP contribution in [0, 0.1) is 5.92 Å². The number of carbonyl (C=O) groups excluding carboxylic acids is 1. The first kappa shape index (κ1) is 15.0. The molecular formula is C16H22N2OS. The molecule has 0 spiro atoms. The first-order valence-electron chi connectivity index (χ1n) is 6.98. The van der Waals surface area contributed by atoms with Crippen molar-refractivity contribution < 1.29 is 4.79 Å². The van der Waals surface area contributed by atoms with E-state index in [1.54, 1.807) is 16.2 Å². The van der Waals surface area contributed by atoms with E-state index in [2.05, 4.69) is 13.8 Å². The van der Waals surface area contributed by atoms with Crippen LogP contribution >= 0.6 is 11.3 Å². The van der Waals surface area contributed by atoms with Crippen molar-refractivity contribution in [2.45, 2.75) is 26.3 Å². The van der Waals surface area contributed by atoms with Crippen molar-refractivity contribution in [3.63, 3.8) is 0 Å². The Balaban J connectivity index is 2.03. The van der Waals surface area contributed by atoms with Gasteiger partial charge in [0.2, 0.25) is 0 Å². The highest BCUT2D eigenvalue weighted by molar-refractivity contribution is 7.20. The molecular weight excluding hydrogens is 268 g/mol. The lowest BCUT2D eigenvalue weighted by Gasteiger charge is -2.21. The molecule has 4 heteroatoms. The number of fused-ring (bicyclic) bond motifs is 1. The van der Waals surface area contributed by atoms with Crippen LogP contribution in [-0.2, 0) is 0 Å². The number of amides is 1. The molecule has 0 aliphatic rings. The molecule has 2 rings (SSSR count). The van der Waals surface area contributed by atoms with Crippen LogP contribution in [0.3, 0.4) is 0 Å². The number of hydrogen-bond acceptors (Lipinski definition) is 3. The van der Waals surface area contributed by atoms with Gasteiger partial charge in [0.1, 0.15) is 0 Å². The first-order chi connectivity index (χ1) is 9.49. The third-order valence-electron chi connectivity index (χ3n) is 3.64. The third kappa shape index (κ3) is 3.38. The molecule has 0 fully saturated rings. The van der Waals surface area contributed by atoms with Crippen molar-refractivity contribution in [2.24, 2.45) is 11.7 Å². The minimum atomic E-state index is 0.0853. The van der Waals surface area contributed by atoms with Gasteiger partial charge in [-0.1, -0.05) is 32.0 Å². The molecule has 1 amide bonds. The van der Waals surface area contributed by atoms with E-state index in [1.165, 1.54) is 0 Å². The molecule has 0 saturated carbocycles. The molecule has 2 N–H and O–H groups in total. The van der Waals surface area contributed by atoms with Gasteiger partial charge >= 0.3 is 0 Å². The molecule has 1 atom stereocenters. The predicted octanol–water partition coefficient (Wildman–Crippen LogP) is 3.35. The number of hydrogen-bond donors (Lipinski definition) is 1. The summed E-state index contributed by atoms with van der Waals surface area (Å²) in [6.07, 6.45) is 0.838. The average molecular weight is 290 g/mol. The monoisotopic (exact) mass is 290 g/mol. The van der Waals surface area contributed by atoms with Gasteiger partial charge in [-0.25, -0.2) is 0 Å². The van der Waals surface area contributed by atoms with E-state index in [0.717, 1.165) is 21.4 Å². The molecule has 2 aromatic rings. The van der Waals surface area contributed by atoms with E-state index in [1.807, 2.05) is 37.4 Å². The molecule has 1 aromatic heterocycles. The van der Waals surface area contributed by atoms with Crippen molar-refractivity contribution >= 4 is 27.3 Å². The number of nitrogens with two attached hydrogens (primary N) is 1. The predicted molar refractivity (Wildman–Crippen MR) is 86.2 cm³/mol. The van der Waals surface area contributed by atoms with Crippen molar-refractivity contribution in [1.29, 1.82) is 0 Å². The van der Waals surface area contributed by atoms with E-state index >= 15 is 0 Å². The Morgan fingerprint density at radius 3 is 2.70 bits per heavy atom. The van der Waals surface area contributed by atoms with E-state index < -0.39 is 0 Å². The summed E-state index contributed by atoms with van der Waals surface area (Å²) in [5.41, 5.74) is 6.03. The van der Waals surface area contributed by atoms with Gasteiger partial charge in [0, 0.05) is 24.3 Å². The van der Waals surface area contributed by atoms with Crippen LogP contribution in [0.5, 0.6) is 0 Å². The maximum atomic E-state index is 12.4. The number of benzene rings is 1. The maximum absolute atomic E-state index is 12.4. The molecule has 20 heavy (non-hydrogen) atoms. The highest BCUT2D eigenvalue weighted by Gasteiger charge is 2.16. The van der Waals surface area contributed by atoms with Gasteiger partial charge in [-0.05, 0) is 29.9 Å². The van der Waals surface area contributed by atoms with Gasteiger partial charge in [-0.2, -0.15) is 0 Å². The van der Waals surface area contributed by atoms with Gasteiger partial charge in [0.05, 0.1) is 4.88 Å². The Labute approximate surface area is 124 Å². The minimum absolute atomic E-state index is 0.0853. The topological polar surface area (TPSA) is 46.3 Å². The van der Waals surface area contributed by atoms with Crippen LogP contribution in [0.1, 0.15) is 29.9 Å². The van der Waals surface area contributed by atoms with Gasteiger partial charge in [0.25, 0.3) is 5.91 Å². The summed E-state index contributed by atoms with van der Waals surface area (Å²) in [7, 11) is 1.85. The smallest absolute Gasteiger partial charge is 0.263 e. The zero-order chi connectivity index (χ0) is 14.7. The van der Waals surface area contributed by atoms with Crippen LogP contribution in [-0.4, -0.2) is 30.4 Å². The van der Waals surface area contributed by atoms with E-state index in [-0.39, 0.29) is 11.9 Å². The molecule has 0 aliphatic carbocycles. The van der Waals surface area contributed by atoms with Crippen molar-refractivity contribution in [2.75, 3.05) is 13.6 Å². The highest BCUT2D eigenvalue weighted by atomic mass is 32.1. The second kappa shape index (κ2) is 6.37. The number of carbonyl (C=O) groups is 1. The fraction of sp³-hybridized carbons (Fsp3) is 0.438. The molecule has 0 aliphatic heterocycles. The van der Waals surface area contributed by atoms with Crippen LogP contribution in [0.2, 0.25) is 0 Å². The average Bonchev–Trinajstić information content (AvgIpc) is 2.87. The highest BCUT2D eigenvalue weighted by Crippen LogP contribution is 2.26. The molecule has 0 radical (unpaired) electrons. The second-order valence-electron chi connectivity index (χ2n) is 5.57. The number of nitrogens with zero attached hydrogens (tertiary/aromatic N) is 1. The largest absolute Gasteiger partial charge is 0.341 e. The van der Waals surface area contributed by atoms with Crippen LogP contribution in [0.15, 0.2) is 30.3 Å². The van der Waals surface area contributed by atoms with E-state index in [0.29, 0.717) is 12.5 Å². The fourth-order valence-electron chi connectivity index (χ4n) is 2.05. The summed E-state index contributed by atoms with van der Waals surface area (Å²) in [5.74, 6) is 0.532. The van der Waals surface area contributed by atoms with Gasteiger partial charge in [0.15, 0.2) is 0 Å². The molecule has 3 nitrogen and oxygen atoms in total. The van der Waals surface area contributed by atoms with E-state index in [4.69, 9.17) is 5.73 Å². The zero-order valence-corrected chi connectivity index (χ0v) is 13.1. The van der Waals surface area contributed by atoms with Crippen LogP contribution < -0.4 is 5.73 Å². The minimum Gasteiger partial charge on any atom is -0.341 e. The summed E-state index contributed by atoms with van der Waals surface area (Å²) in [6.45, 7) is 4.92. The Bertz CT molecular complexity index is 558. The Kier molecular flexibility index (Phi) is 4.78. The first-order valence-corrected chi connectivity index (χ1v) is 7.80. The molecule has 1 aromatic carbocycles.